The first kappa shape index (κ1) is 27.6. The molecule has 7 nitrogen and oxygen atoms in total. The number of aryl methyl sites for hydroxylation is 1. The van der Waals surface area contributed by atoms with Gasteiger partial charge in [-0.25, -0.2) is 8.42 Å². The van der Waals surface area contributed by atoms with Crippen LogP contribution in [0, 0.1) is 6.92 Å². The standard InChI is InChI=1S/C30H37N3O4S/c1-22-11-9-12-24(19-22)20-32(23(2)30(35)31-26-15-5-4-6-16-26)29(34)21-33(38(3,36)37)28-18-10-14-25-13-7-8-17-27(25)28/h7-14,17-19,23,26H,4-6,15-16,20-21H2,1-3H3,(H,31,35)/t23-/m0/s1. The summed E-state index contributed by atoms with van der Waals surface area (Å²) in [6.45, 7) is 3.49. The van der Waals surface area contributed by atoms with Gasteiger partial charge in [0.15, 0.2) is 0 Å². The minimum atomic E-state index is -3.80. The van der Waals surface area contributed by atoms with Gasteiger partial charge in [-0.05, 0) is 43.7 Å². The van der Waals surface area contributed by atoms with Crippen molar-refractivity contribution in [2.24, 2.45) is 0 Å². The Kier molecular flexibility index (Phi) is 8.72. The predicted molar refractivity (Wildman–Crippen MR) is 152 cm³/mol. The van der Waals surface area contributed by atoms with Crippen LogP contribution in [0.1, 0.15) is 50.2 Å². The number of carbonyl (C=O) groups is 2. The first-order chi connectivity index (χ1) is 18.1. The monoisotopic (exact) mass is 535 g/mol. The topological polar surface area (TPSA) is 86.8 Å². The molecule has 1 aliphatic carbocycles. The second-order valence-corrected chi connectivity index (χ2v) is 12.2. The Morgan fingerprint density at radius 2 is 1.66 bits per heavy atom. The summed E-state index contributed by atoms with van der Waals surface area (Å²) in [7, 11) is -3.80. The highest BCUT2D eigenvalue weighted by Crippen LogP contribution is 2.29. The van der Waals surface area contributed by atoms with Crippen LogP contribution in [-0.2, 0) is 26.2 Å². The fourth-order valence-corrected chi connectivity index (χ4v) is 6.04. The number of sulfonamides is 1. The molecule has 8 heteroatoms. The van der Waals surface area contributed by atoms with E-state index in [1.807, 2.05) is 61.5 Å². The lowest BCUT2D eigenvalue weighted by molar-refractivity contribution is -0.139. The Morgan fingerprint density at radius 3 is 2.37 bits per heavy atom. The first-order valence-corrected chi connectivity index (χ1v) is 15.1. The predicted octanol–water partition coefficient (Wildman–Crippen LogP) is 4.78. The van der Waals surface area contributed by atoms with Crippen molar-refractivity contribution < 1.29 is 18.0 Å². The summed E-state index contributed by atoms with van der Waals surface area (Å²) >= 11 is 0. The molecule has 4 rings (SSSR count). The summed E-state index contributed by atoms with van der Waals surface area (Å²) in [5, 5.41) is 4.74. The highest BCUT2D eigenvalue weighted by Gasteiger charge is 2.31. The van der Waals surface area contributed by atoms with Crippen molar-refractivity contribution in [2.75, 3.05) is 17.1 Å². The average molecular weight is 536 g/mol. The zero-order valence-corrected chi connectivity index (χ0v) is 23.2. The number of benzene rings is 3. The van der Waals surface area contributed by atoms with Gasteiger partial charge in [-0.1, -0.05) is 85.5 Å². The van der Waals surface area contributed by atoms with Gasteiger partial charge < -0.3 is 10.2 Å². The van der Waals surface area contributed by atoms with Crippen LogP contribution < -0.4 is 9.62 Å². The zero-order chi connectivity index (χ0) is 27.3. The van der Waals surface area contributed by atoms with Crippen molar-refractivity contribution in [1.82, 2.24) is 10.2 Å². The summed E-state index contributed by atoms with van der Waals surface area (Å²) < 4.78 is 27.1. The molecule has 0 heterocycles. The van der Waals surface area contributed by atoms with Gasteiger partial charge >= 0.3 is 0 Å². The molecule has 0 aliphatic heterocycles. The molecule has 0 radical (unpaired) electrons. The van der Waals surface area contributed by atoms with Gasteiger partial charge in [-0.2, -0.15) is 0 Å². The smallest absolute Gasteiger partial charge is 0.244 e. The van der Waals surface area contributed by atoms with E-state index in [-0.39, 0.29) is 18.5 Å². The summed E-state index contributed by atoms with van der Waals surface area (Å²) in [6.07, 6.45) is 6.32. The molecule has 202 valence electrons. The molecule has 1 aliphatic rings. The van der Waals surface area contributed by atoms with E-state index in [0.717, 1.165) is 58.1 Å². The third-order valence-corrected chi connectivity index (χ3v) is 8.40. The number of nitrogens with one attached hydrogen (secondary N) is 1. The third-order valence-electron chi connectivity index (χ3n) is 7.27. The van der Waals surface area contributed by atoms with E-state index in [1.165, 1.54) is 11.3 Å². The number of hydrogen-bond donors (Lipinski definition) is 1. The SMILES string of the molecule is Cc1cccc(CN(C(=O)CN(c2cccc3ccccc23)S(C)(=O)=O)[C@@H](C)C(=O)NC2CCCCC2)c1. The number of amides is 2. The summed E-state index contributed by atoms with van der Waals surface area (Å²) in [5.41, 5.74) is 2.36. The zero-order valence-electron chi connectivity index (χ0n) is 22.4. The number of fused-ring (bicyclic) bond motifs is 1. The van der Waals surface area contributed by atoms with Gasteiger partial charge in [0.2, 0.25) is 21.8 Å². The number of nitrogens with zero attached hydrogens (tertiary/aromatic N) is 2. The molecule has 1 atom stereocenters. The van der Waals surface area contributed by atoms with E-state index in [9.17, 15) is 18.0 Å². The van der Waals surface area contributed by atoms with Gasteiger partial charge in [0.05, 0.1) is 11.9 Å². The van der Waals surface area contributed by atoms with Gasteiger partial charge in [-0.3, -0.25) is 13.9 Å². The summed E-state index contributed by atoms with van der Waals surface area (Å²) in [4.78, 5) is 28.7. The molecule has 38 heavy (non-hydrogen) atoms. The van der Waals surface area contributed by atoms with Crippen LogP contribution in [0.3, 0.4) is 0 Å². The maximum atomic E-state index is 13.9. The van der Waals surface area contributed by atoms with E-state index in [1.54, 1.807) is 19.1 Å². The minimum absolute atomic E-state index is 0.109. The number of rotatable bonds is 9. The maximum Gasteiger partial charge on any atom is 0.244 e. The molecule has 1 fully saturated rings. The number of hydrogen-bond acceptors (Lipinski definition) is 4. The molecule has 0 unspecified atom stereocenters. The van der Waals surface area contributed by atoms with E-state index in [0.29, 0.717) is 5.69 Å². The second-order valence-electron chi connectivity index (χ2n) is 10.3. The fourth-order valence-electron chi connectivity index (χ4n) is 5.18. The Hall–Kier alpha value is -3.39. The largest absolute Gasteiger partial charge is 0.352 e. The highest BCUT2D eigenvalue weighted by atomic mass is 32.2. The Bertz CT molecular complexity index is 1390. The molecule has 1 saturated carbocycles. The van der Waals surface area contributed by atoms with Crippen molar-refractivity contribution in [3.05, 3.63) is 77.9 Å². The summed E-state index contributed by atoms with van der Waals surface area (Å²) in [6, 6.07) is 20.0. The first-order valence-electron chi connectivity index (χ1n) is 13.2. The lowest BCUT2D eigenvalue weighted by atomic mass is 9.95. The minimum Gasteiger partial charge on any atom is -0.352 e. The number of anilines is 1. The van der Waals surface area contributed by atoms with Gasteiger partial charge in [0.25, 0.3) is 0 Å². The van der Waals surface area contributed by atoms with Crippen molar-refractivity contribution in [3.63, 3.8) is 0 Å². The number of carbonyl (C=O) groups excluding carboxylic acids is 2. The van der Waals surface area contributed by atoms with Crippen LogP contribution >= 0.6 is 0 Å². The normalized spacial score (nSPS) is 15.1. The lowest BCUT2D eigenvalue weighted by Crippen LogP contribution is -2.53. The Labute approximate surface area is 225 Å². The van der Waals surface area contributed by atoms with Crippen LogP contribution in [0.2, 0.25) is 0 Å². The molecule has 0 saturated heterocycles. The highest BCUT2D eigenvalue weighted by molar-refractivity contribution is 7.92. The van der Waals surface area contributed by atoms with Crippen molar-refractivity contribution >= 4 is 38.3 Å². The molecular weight excluding hydrogens is 498 g/mol. The van der Waals surface area contributed by atoms with E-state index in [4.69, 9.17) is 0 Å². The molecule has 2 amide bonds. The lowest BCUT2D eigenvalue weighted by Gasteiger charge is -2.33. The molecule has 3 aromatic carbocycles. The van der Waals surface area contributed by atoms with E-state index in [2.05, 4.69) is 5.32 Å². The Morgan fingerprint density at radius 1 is 0.974 bits per heavy atom. The Balaban J connectivity index is 1.64. The fraction of sp³-hybridized carbons (Fsp3) is 0.400. The van der Waals surface area contributed by atoms with Crippen LogP contribution in [0.15, 0.2) is 66.7 Å². The quantitative estimate of drug-likeness (QED) is 0.427. The van der Waals surface area contributed by atoms with Gasteiger partial charge in [0, 0.05) is 18.0 Å². The van der Waals surface area contributed by atoms with E-state index >= 15 is 0 Å². The molecule has 0 aromatic heterocycles. The van der Waals surface area contributed by atoms with Crippen molar-refractivity contribution in [1.29, 1.82) is 0 Å². The molecule has 0 spiro atoms. The van der Waals surface area contributed by atoms with Crippen LogP contribution in [0.5, 0.6) is 0 Å². The van der Waals surface area contributed by atoms with Crippen molar-refractivity contribution in [2.45, 2.75) is 64.6 Å². The van der Waals surface area contributed by atoms with Crippen LogP contribution in [0.4, 0.5) is 5.69 Å². The van der Waals surface area contributed by atoms with Crippen molar-refractivity contribution in [3.8, 4) is 0 Å². The van der Waals surface area contributed by atoms with Gasteiger partial charge in [0.1, 0.15) is 12.6 Å². The van der Waals surface area contributed by atoms with Gasteiger partial charge in [-0.15, -0.1) is 0 Å². The molecule has 1 N–H and O–H groups in total. The van der Waals surface area contributed by atoms with E-state index < -0.39 is 28.5 Å². The third kappa shape index (κ3) is 6.72. The average Bonchev–Trinajstić information content (AvgIpc) is 2.89. The second kappa shape index (κ2) is 12.0. The molecule has 0 bridgehead atoms. The maximum absolute atomic E-state index is 13.9. The summed E-state index contributed by atoms with van der Waals surface area (Å²) in [5.74, 6) is -0.648. The molecule has 3 aromatic rings. The van der Waals surface area contributed by atoms with Crippen LogP contribution in [0.25, 0.3) is 10.8 Å². The molecular formula is C30H37N3O4S. The van der Waals surface area contributed by atoms with Crippen LogP contribution in [-0.4, -0.2) is 50.0 Å².